The summed E-state index contributed by atoms with van der Waals surface area (Å²) in [4.78, 5) is 4.82. The number of nitrogens with zero attached hydrogens (tertiary/aromatic N) is 1. The van der Waals surface area contributed by atoms with Gasteiger partial charge < -0.3 is 0 Å². The number of fused-ring (bicyclic) bond motifs is 2. The molecule has 3 rings (SSSR count). The lowest BCUT2D eigenvalue weighted by Crippen LogP contribution is -1.92. The summed E-state index contributed by atoms with van der Waals surface area (Å²) in [6, 6.07) is 15.2. The summed E-state index contributed by atoms with van der Waals surface area (Å²) in [6.45, 7) is 4.40. The number of rotatable bonds is 2. The molecular weight excluding hydrogens is 218 g/mol. The summed E-state index contributed by atoms with van der Waals surface area (Å²) in [6.07, 6.45) is 2.12. The van der Waals surface area contributed by atoms with Gasteiger partial charge in [-0.15, -0.1) is 0 Å². The van der Waals surface area contributed by atoms with Crippen LogP contribution >= 0.6 is 0 Å². The number of aromatic nitrogens is 1. The summed E-state index contributed by atoms with van der Waals surface area (Å²) in [5, 5.41) is 2.49. The molecule has 0 aliphatic carbocycles. The molecule has 0 saturated heterocycles. The lowest BCUT2D eigenvalue weighted by molar-refractivity contribution is 1.10. The van der Waals surface area contributed by atoms with E-state index in [4.69, 9.17) is 4.98 Å². The van der Waals surface area contributed by atoms with E-state index in [0.29, 0.717) is 0 Å². The van der Waals surface area contributed by atoms with E-state index in [-0.39, 0.29) is 0 Å². The Morgan fingerprint density at radius 3 is 2.50 bits per heavy atom. The molecule has 18 heavy (non-hydrogen) atoms. The molecule has 0 aliphatic heterocycles. The maximum atomic E-state index is 4.82. The predicted octanol–water partition coefficient (Wildman–Crippen LogP) is 4.51. The van der Waals surface area contributed by atoms with Crippen LogP contribution in [0.15, 0.2) is 42.5 Å². The van der Waals surface area contributed by atoms with Crippen molar-refractivity contribution >= 4 is 21.8 Å². The average Bonchev–Trinajstić information content (AvgIpc) is 2.43. The van der Waals surface area contributed by atoms with E-state index in [0.717, 1.165) is 23.9 Å². The summed E-state index contributed by atoms with van der Waals surface area (Å²) in [5.41, 5.74) is 5.00. The van der Waals surface area contributed by atoms with Crippen LogP contribution in [0.4, 0.5) is 0 Å². The number of pyridine rings is 1. The number of benzene rings is 2. The summed E-state index contributed by atoms with van der Waals surface area (Å²) in [5.74, 6) is 0. The van der Waals surface area contributed by atoms with Crippen molar-refractivity contribution in [3.05, 3.63) is 53.6 Å². The van der Waals surface area contributed by atoms with Crippen LogP contribution in [-0.2, 0) is 12.8 Å². The third-order valence-corrected chi connectivity index (χ3v) is 3.55. The highest BCUT2D eigenvalue weighted by atomic mass is 14.7. The van der Waals surface area contributed by atoms with Crippen molar-refractivity contribution < 1.29 is 0 Å². The van der Waals surface area contributed by atoms with Crippen LogP contribution in [0.2, 0.25) is 0 Å². The fourth-order valence-corrected chi connectivity index (χ4v) is 2.51. The molecule has 1 heteroatoms. The molecule has 1 nitrogen and oxygen atoms in total. The van der Waals surface area contributed by atoms with E-state index in [9.17, 15) is 0 Å². The zero-order chi connectivity index (χ0) is 12.5. The highest BCUT2D eigenvalue weighted by molar-refractivity contribution is 5.94. The number of hydrogen-bond acceptors (Lipinski definition) is 1. The maximum absolute atomic E-state index is 4.82. The first kappa shape index (κ1) is 11.2. The fraction of sp³-hybridized carbons (Fsp3) is 0.235. The number of hydrogen-bond donors (Lipinski definition) is 0. The molecular formula is C17H17N. The van der Waals surface area contributed by atoms with Gasteiger partial charge in [0, 0.05) is 10.8 Å². The lowest BCUT2D eigenvalue weighted by atomic mass is 10.0. The SMILES string of the molecule is CCc1cc(CC)c2nc3ccccc3cc2c1. The molecule has 0 radical (unpaired) electrons. The largest absolute Gasteiger partial charge is 0.248 e. The summed E-state index contributed by atoms with van der Waals surface area (Å²) < 4.78 is 0. The van der Waals surface area contributed by atoms with Gasteiger partial charge in [0.1, 0.15) is 0 Å². The normalized spacial score (nSPS) is 11.2. The second-order valence-electron chi connectivity index (χ2n) is 4.71. The first-order chi connectivity index (χ1) is 8.81. The van der Waals surface area contributed by atoms with Crippen LogP contribution in [-0.4, -0.2) is 4.98 Å². The van der Waals surface area contributed by atoms with Crippen molar-refractivity contribution in [1.82, 2.24) is 4.98 Å². The highest BCUT2D eigenvalue weighted by Crippen LogP contribution is 2.24. The molecule has 1 heterocycles. The van der Waals surface area contributed by atoms with Gasteiger partial charge in [-0.1, -0.05) is 38.1 Å². The van der Waals surface area contributed by atoms with Crippen molar-refractivity contribution in [2.45, 2.75) is 26.7 Å². The molecule has 0 aliphatic rings. The second-order valence-corrected chi connectivity index (χ2v) is 4.71. The third kappa shape index (κ3) is 1.76. The predicted molar refractivity (Wildman–Crippen MR) is 78.0 cm³/mol. The van der Waals surface area contributed by atoms with Gasteiger partial charge in [-0.2, -0.15) is 0 Å². The van der Waals surface area contributed by atoms with Crippen LogP contribution in [0, 0.1) is 0 Å². The van der Waals surface area contributed by atoms with E-state index >= 15 is 0 Å². The van der Waals surface area contributed by atoms with Gasteiger partial charge in [-0.25, -0.2) is 4.98 Å². The van der Waals surface area contributed by atoms with E-state index in [1.165, 1.54) is 21.9 Å². The summed E-state index contributed by atoms with van der Waals surface area (Å²) >= 11 is 0. The van der Waals surface area contributed by atoms with Crippen LogP contribution < -0.4 is 0 Å². The van der Waals surface area contributed by atoms with Crippen molar-refractivity contribution in [3.8, 4) is 0 Å². The zero-order valence-corrected chi connectivity index (χ0v) is 10.9. The first-order valence-corrected chi connectivity index (χ1v) is 6.63. The first-order valence-electron chi connectivity index (χ1n) is 6.63. The number of aryl methyl sites for hydroxylation is 2. The molecule has 0 spiro atoms. The monoisotopic (exact) mass is 235 g/mol. The molecule has 0 amide bonds. The maximum Gasteiger partial charge on any atom is 0.0741 e. The van der Waals surface area contributed by atoms with Gasteiger partial charge in [0.05, 0.1) is 11.0 Å². The van der Waals surface area contributed by atoms with Crippen molar-refractivity contribution in [3.63, 3.8) is 0 Å². The second kappa shape index (κ2) is 4.41. The van der Waals surface area contributed by atoms with Crippen LogP contribution in [0.5, 0.6) is 0 Å². The van der Waals surface area contributed by atoms with E-state index in [2.05, 4.69) is 50.2 Å². The van der Waals surface area contributed by atoms with Gasteiger partial charge >= 0.3 is 0 Å². The molecule has 0 N–H and O–H groups in total. The van der Waals surface area contributed by atoms with Crippen LogP contribution in [0.3, 0.4) is 0 Å². The Bertz CT molecular complexity index is 713. The molecule has 2 aromatic carbocycles. The molecule has 0 fully saturated rings. The van der Waals surface area contributed by atoms with Gasteiger partial charge in [0.25, 0.3) is 0 Å². The van der Waals surface area contributed by atoms with Gasteiger partial charge in [0.15, 0.2) is 0 Å². The fourth-order valence-electron chi connectivity index (χ4n) is 2.51. The van der Waals surface area contributed by atoms with Gasteiger partial charge in [-0.05, 0) is 42.2 Å². The quantitative estimate of drug-likeness (QED) is 0.595. The van der Waals surface area contributed by atoms with Gasteiger partial charge in [-0.3, -0.25) is 0 Å². The Morgan fingerprint density at radius 2 is 1.72 bits per heavy atom. The Morgan fingerprint density at radius 1 is 0.889 bits per heavy atom. The molecule has 0 unspecified atom stereocenters. The van der Waals surface area contributed by atoms with Crippen molar-refractivity contribution in [1.29, 1.82) is 0 Å². The van der Waals surface area contributed by atoms with E-state index in [1.807, 2.05) is 6.07 Å². The third-order valence-electron chi connectivity index (χ3n) is 3.55. The minimum absolute atomic E-state index is 1.04. The molecule has 1 aromatic heterocycles. The minimum atomic E-state index is 1.04. The topological polar surface area (TPSA) is 12.9 Å². The Hall–Kier alpha value is -1.89. The molecule has 0 saturated carbocycles. The smallest absolute Gasteiger partial charge is 0.0741 e. The lowest BCUT2D eigenvalue weighted by Gasteiger charge is -2.08. The van der Waals surface area contributed by atoms with E-state index in [1.54, 1.807) is 0 Å². The van der Waals surface area contributed by atoms with Crippen LogP contribution in [0.25, 0.3) is 21.8 Å². The highest BCUT2D eigenvalue weighted by Gasteiger charge is 2.05. The Kier molecular flexibility index (Phi) is 2.75. The standard InChI is InChI=1S/C17H17N/c1-3-12-9-13(4-2)17-15(10-12)11-14-7-5-6-8-16(14)18-17/h5-11H,3-4H2,1-2H3. The van der Waals surface area contributed by atoms with E-state index < -0.39 is 0 Å². The molecule has 0 atom stereocenters. The Balaban J connectivity index is 2.41. The van der Waals surface area contributed by atoms with Crippen molar-refractivity contribution in [2.75, 3.05) is 0 Å². The molecule has 3 aromatic rings. The molecule has 0 bridgehead atoms. The minimum Gasteiger partial charge on any atom is -0.248 e. The molecule has 90 valence electrons. The average molecular weight is 235 g/mol. The Labute approximate surface area is 107 Å². The van der Waals surface area contributed by atoms with Gasteiger partial charge in [0.2, 0.25) is 0 Å². The van der Waals surface area contributed by atoms with Crippen molar-refractivity contribution in [2.24, 2.45) is 0 Å². The number of para-hydroxylation sites is 1. The summed E-state index contributed by atoms with van der Waals surface area (Å²) in [7, 11) is 0. The zero-order valence-electron chi connectivity index (χ0n) is 10.9. The van der Waals surface area contributed by atoms with Crippen LogP contribution in [0.1, 0.15) is 25.0 Å².